The van der Waals surface area contributed by atoms with Crippen molar-refractivity contribution in [1.82, 2.24) is 9.88 Å². The van der Waals surface area contributed by atoms with Gasteiger partial charge < -0.3 is 20.1 Å². The Labute approximate surface area is 141 Å². The highest BCUT2D eigenvalue weighted by atomic mass is 16.6. The molecule has 0 aromatic carbocycles. The van der Waals surface area contributed by atoms with Crippen molar-refractivity contribution in [2.75, 3.05) is 37.4 Å². The number of nitrogens with zero attached hydrogens (tertiary/aromatic N) is 3. The molecule has 1 amide bonds. The Morgan fingerprint density at radius 1 is 1.33 bits per heavy atom. The van der Waals surface area contributed by atoms with Gasteiger partial charge in [0.2, 0.25) is 0 Å². The Bertz CT molecular complexity index is 614. The number of carbonyl (C=O) groups is 2. The van der Waals surface area contributed by atoms with Crippen molar-refractivity contribution in [1.29, 1.82) is 0 Å². The summed E-state index contributed by atoms with van der Waals surface area (Å²) in [4.78, 5) is 31.9. The molecule has 1 saturated heterocycles. The molecule has 1 atom stereocenters. The molecule has 1 aliphatic rings. The van der Waals surface area contributed by atoms with Crippen LogP contribution in [0.1, 0.15) is 20.8 Å². The third kappa shape index (κ3) is 4.06. The van der Waals surface area contributed by atoms with Gasteiger partial charge in [-0.3, -0.25) is 9.88 Å². The molecule has 2 heterocycles. The first kappa shape index (κ1) is 17.8. The summed E-state index contributed by atoms with van der Waals surface area (Å²) in [7, 11) is 1.30. The number of methoxy groups -OCH3 is 1. The Balaban J connectivity index is 2.20. The third-order valence-corrected chi connectivity index (χ3v) is 3.65. The predicted octanol–water partition coefficient (Wildman–Crippen LogP) is 1.26. The lowest BCUT2D eigenvalue weighted by Crippen LogP contribution is -2.59. The summed E-state index contributed by atoms with van der Waals surface area (Å²) in [6.45, 7) is 6.49. The van der Waals surface area contributed by atoms with E-state index >= 15 is 0 Å². The maximum atomic E-state index is 12.4. The zero-order chi connectivity index (χ0) is 17.9. The van der Waals surface area contributed by atoms with Gasteiger partial charge in [0, 0.05) is 25.8 Å². The molecule has 1 aliphatic heterocycles. The Morgan fingerprint density at radius 2 is 2.04 bits per heavy atom. The van der Waals surface area contributed by atoms with Crippen LogP contribution in [0.4, 0.5) is 16.2 Å². The molecule has 8 nitrogen and oxygen atoms in total. The number of amides is 1. The fraction of sp³-hybridized carbons (Fsp3) is 0.562. The Morgan fingerprint density at radius 3 is 2.62 bits per heavy atom. The molecule has 24 heavy (non-hydrogen) atoms. The van der Waals surface area contributed by atoms with Gasteiger partial charge in [0.25, 0.3) is 0 Å². The van der Waals surface area contributed by atoms with Gasteiger partial charge in [-0.25, -0.2) is 9.59 Å². The number of carbonyl (C=O) groups excluding carboxylic acids is 2. The molecule has 0 unspecified atom stereocenters. The van der Waals surface area contributed by atoms with Crippen LogP contribution in [0, 0.1) is 0 Å². The van der Waals surface area contributed by atoms with Crippen molar-refractivity contribution in [3.8, 4) is 0 Å². The summed E-state index contributed by atoms with van der Waals surface area (Å²) in [5.41, 5.74) is 6.62. The third-order valence-electron chi connectivity index (χ3n) is 3.65. The number of piperazine rings is 1. The van der Waals surface area contributed by atoms with Crippen LogP contribution >= 0.6 is 0 Å². The average molecular weight is 336 g/mol. The van der Waals surface area contributed by atoms with E-state index in [1.54, 1.807) is 39.2 Å². The molecular formula is C16H24N4O4. The minimum absolute atomic E-state index is 0.278. The van der Waals surface area contributed by atoms with Crippen molar-refractivity contribution >= 4 is 23.4 Å². The molecule has 132 valence electrons. The molecule has 1 aromatic rings. The minimum Gasteiger partial charge on any atom is -0.467 e. The molecule has 0 spiro atoms. The van der Waals surface area contributed by atoms with E-state index in [4.69, 9.17) is 15.2 Å². The van der Waals surface area contributed by atoms with Crippen LogP contribution in [0.3, 0.4) is 0 Å². The van der Waals surface area contributed by atoms with E-state index in [1.807, 2.05) is 4.90 Å². The van der Waals surface area contributed by atoms with Crippen LogP contribution in [0.2, 0.25) is 0 Å². The van der Waals surface area contributed by atoms with Crippen LogP contribution in [0.5, 0.6) is 0 Å². The largest absolute Gasteiger partial charge is 0.467 e. The zero-order valence-corrected chi connectivity index (χ0v) is 14.5. The predicted molar refractivity (Wildman–Crippen MR) is 89.6 cm³/mol. The van der Waals surface area contributed by atoms with E-state index in [2.05, 4.69) is 4.98 Å². The highest BCUT2D eigenvalue weighted by Gasteiger charge is 2.38. The summed E-state index contributed by atoms with van der Waals surface area (Å²) >= 11 is 0. The summed E-state index contributed by atoms with van der Waals surface area (Å²) in [5, 5.41) is 0. The molecule has 0 saturated carbocycles. The highest BCUT2D eigenvalue weighted by Crippen LogP contribution is 2.25. The lowest BCUT2D eigenvalue weighted by Gasteiger charge is -2.41. The number of hydrogen-bond acceptors (Lipinski definition) is 7. The number of rotatable bonds is 2. The Kier molecular flexibility index (Phi) is 5.16. The normalized spacial score (nSPS) is 18.2. The standard InChI is InChI=1S/C16H24N4O4/c1-16(2,3)24-15(22)20-8-7-19(10-13(20)14(21)23-4)12-5-6-18-9-11(12)17/h5-6,9,13H,7-8,10,17H2,1-4H3/t13-/m0/s1. The van der Waals surface area contributed by atoms with Gasteiger partial charge in [-0.15, -0.1) is 0 Å². The van der Waals surface area contributed by atoms with Gasteiger partial charge in [-0.1, -0.05) is 0 Å². The maximum Gasteiger partial charge on any atom is 0.411 e. The van der Waals surface area contributed by atoms with Crippen LogP contribution in [-0.4, -0.2) is 60.3 Å². The molecule has 1 aromatic heterocycles. The van der Waals surface area contributed by atoms with Crippen molar-refractivity contribution in [2.45, 2.75) is 32.4 Å². The maximum absolute atomic E-state index is 12.4. The number of nitrogens with two attached hydrogens (primary N) is 1. The molecule has 0 radical (unpaired) electrons. The van der Waals surface area contributed by atoms with E-state index in [1.165, 1.54) is 12.0 Å². The molecule has 2 N–H and O–H groups in total. The number of aromatic nitrogens is 1. The van der Waals surface area contributed by atoms with Gasteiger partial charge in [-0.2, -0.15) is 0 Å². The lowest BCUT2D eigenvalue weighted by atomic mass is 10.1. The molecule has 1 fully saturated rings. The van der Waals surface area contributed by atoms with Crippen LogP contribution in [-0.2, 0) is 14.3 Å². The summed E-state index contributed by atoms with van der Waals surface area (Å²) in [5.74, 6) is -0.488. The summed E-state index contributed by atoms with van der Waals surface area (Å²) in [6.07, 6.45) is 2.67. The van der Waals surface area contributed by atoms with E-state index in [0.717, 1.165) is 5.69 Å². The second-order valence-electron chi connectivity index (χ2n) is 6.59. The molecule has 0 bridgehead atoms. The van der Waals surface area contributed by atoms with Crippen LogP contribution in [0.25, 0.3) is 0 Å². The van der Waals surface area contributed by atoms with Gasteiger partial charge >= 0.3 is 12.1 Å². The first-order chi connectivity index (χ1) is 11.2. The molecule has 2 rings (SSSR count). The second kappa shape index (κ2) is 6.94. The van der Waals surface area contributed by atoms with E-state index < -0.39 is 23.7 Å². The van der Waals surface area contributed by atoms with Gasteiger partial charge in [0.05, 0.1) is 24.7 Å². The Hall–Kier alpha value is -2.51. The van der Waals surface area contributed by atoms with Crippen molar-refractivity contribution in [3.63, 3.8) is 0 Å². The lowest BCUT2D eigenvalue weighted by molar-refractivity contribution is -0.147. The quantitative estimate of drug-likeness (QED) is 0.812. The molecule has 0 aliphatic carbocycles. The first-order valence-corrected chi connectivity index (χ1v) is 7.75. The first-order valence-electron chi connectivity index (χ1n) is 7.75. The highest BCUT2D eigenvalue weighted by molar-refractivity contribution is 5.83. The van der Waals surface area contributed by atoms with E-state index in [0.29, 0.717) is 18.8 Å². The average Bonchev–Trinajstić information content (AvgIpc) is 2.52. The molecular weight excluding hydrogens is 312 g/mol. The SMILES string of the molecule is COC(=O)[C@@H]1CN(c2ccncc2N)CCN1C(=O)OC(C)(C)C. The van der Waals surface area contributed by atoms with E-state index in [9.17, 15) is 9.59 Å². The van der Waals surface area contributed by atoms with Crippen molar-refractivity contribution < 1.29 is 19.1 Å². The number of nitrogen functional groups attached to an aromatic ring is 1. The zero-order valence-electron chi connectivity index (χ0n) is 14.5. The topological polar surface area (TPSA) is 98.0 Å². The van der Waals surface area contributed by atoms with Crippen molar-refractivity contribution in [2.24, 2.45) is 0 Å². The monoisotopic (exact) mass is 336 g/mol. The number of esters is 1. The fourth-order valence-corrected chi connectivity index (χ4v) is 2.57. The minimum atomic E-state index is -0.758. The van der Waals surface area contributed by atoms with Gasteiger partial charge in [0.1, 0.15) is 5.60 Å². The summed E-state index contributed by atoms with van der Waals surface area (Å²) in [6, 6.07) is 1.03. The number of pyridine rings is 1. The molecule has 8 heteroatoms. The second-order valence-corrected chi connectivity index (χ2v) is 6.59. The van der Waals surface area contributed by atoms with Crippen molar-refractivity contribution in [3.05, 3.63) is 18.5 Å². The van der Waals surface area contributed by atoms with Crippen LogP contribution < -0.4 is 10.6 Å². The fourth-order valence-electron chi connectivity index (χ4n) is 2.57. The van der Waals surface area contributed by atoms with Gasteiger partial charge in [-0.05, 0) is 26.8 Å². The number of hydrogen-bond donors (Lipinski definition) is 1. The van der Waals surface area contributed by atoms with Crippen LogP contribution in [0.15, 0.2) is 18.5 Å². The number of ether oxygens (including phenoxy) is 2. The summed E-state index contributed by atoms with van der Waals surface area (Å²) < 4.78 is 10.2. The van der Waals surface area contributed by atoms with Gasteiger partial charge in [0.15, 0.2) is 6.04 Å². The van der Waals surface area contributed by atoms with E-state index in [-0.39, 0.29) is 6.54 Å². The smallest absolute Gasteiger partial charge is 0.411 e. The number of anilines is 2.